The van der Waals surface area contributed by atoms with Gasteiger partial charge in [0, 0.05) is 12.2 Å². The molecule has 2 aliphatic rings. The first kappa shape index (κ1) is 11.3. The second-order valence-corrected chi connectivity index (χ2v) is 5.67. The SMILES string of the molecule is CC1(CN2C(=O)c3ccc(N)cc3C2=O)CCC1. The molecule has 1 aromatic rings. The Balaban J connectivity index is 1.92. The number of amides is 2. The Kier molecular flexibility index (Phi) is 2.24. The van der Waals surface area contributed by atoms with E-state index in [1.54, 1.807) is 18.2 Å². The van der Waals surface area contributed by atoms with Crippen LogP contribution in [0.15, 0.2) is 18.2 Å². The Labute approximate surface area is 106 Å². The highest BCUT2D eigenvalue weighted by molar-refractivity contribution is 6.21. The largest absolute Gasteiger partial charge is 0.399 e. The smallest absolute Gasteiger partial charge is 0.261 e. The van der Waals surface area contributed by atoms with Crippen LogP contribution < -0.4 is 5.73 Å². The van der Waals surface area contributed by atoms with Gasteiger partial charge in [-0.1, -0.05) is 13.3 Å². The van der Waals surface area contributed by atoms with Crippen molar-refractivity contribution >= 4 is 17.5 Å². The number of rotatable bonds is 2. The van der Waals surface area contributed by atoms with Crippen LogP contribution >= 0.6 is 0 Å². The molecular formula is C14H16N2O2. The number of nitrogens with zero attached hydrogens (tertiary/aromatic N) is 1. The highest BCUT2D eigenvalue weighted by Gasteiger charge is 2.42. The quantitative estimate of drug-likeness (QED) is 0.639. The molecule has 2 N–H and O–H groups in total. The first-order valence-electron chi connectivity index (χ1n) is 6.26. The topological polar surface area (TPSA) is 63.4 Å². The predicted octanol–water partition coefficient (Wildman–Crippen LogP) is 2.06. The molecule has 1 aliphatic carbocycles. The van der Waals surface area contributed by atoms with Crippen LogP contribution in [0.25, 0.3) is 0 Å². The van der Waals surface area contributed by atoms with E-state index in [9.17, 15) is 9.59 Å². The predicted molar refractivity (Wildman–Crippen MR) is 68.2 cm³/mol. The van der Waals surface area contributed by atoms with E-state index >= 15 is 0 Å². The summed E-state index contributed by atoms with van der Waals surface area (Å²) < 4.78 is 0. The first-order valence-corrected chi connectivity index (χ1v) is 6.26. The van der Waals surface area contributed by atoms with Crippen molar-refractivity contribution in [1.29, 1.82) is 0 Å². The third kappa shape index (κ3) is 1.52. The Morgan fingerprint density at radius 3 is 2.50 bits per heavy atom. The van der Waals surface area contributed by atoms with Crippen molar-refractivity contribution in [2.75, 3.05) is 12.3 Å². The molecule has 0 aromatic heterocycles. The molecule has 0 bridgehead atoms. The van der Waals surface area contributed by atoms with Crippen LogP contribution in [0.1, 0.15) is 46.9 Å². The molecule has 1 aliphatic heterocycles. The highest BCUT2D eigenvalue weighted by Crippen LogP contribution is 2.42. The van der Waals surface area contributed by atoms with Gasteiger partial charge in [-0.15, -0.1) is 0 Å². The van der Waals surface area contributed by atoms with Gasteiger partial charge in [0.2, 0.25) is 0 Å². The zero-order valence-corrected chi connectivity index (χ0v) is 10.4. The molecular weight excluding hydrogens is 228 g/mol. The minimum absolute atomic E-state index is 0.110. The van der Waals surface area contributed by atoms with Gasteiger partial charge in [0.1, 0.15) is 0 Å². The second-order valence-electron chi connectivity index (χ2n) is 5.67. The molecule has 0 spiro atoms. The fourth-order valence-corrected chi connectivity index (χ4v) is 2.77. The minimum Gasteiger partial charge on any atom is -0.399 e. The van der Waals surface area contributed by atoms with E-state index in [-0.39, 0.29) is 17.2 Å². The number of benzene rings is 1. The van der Waals surface area contributed by atoms with Gasteiger partial charge in [-0.2, -0.15) is 0 Å². The molecule has 1 aromatic carbocycles. The van der Waals surface area contributed by atoms with Crippen molar-refractivity contribution in [3.63, 3.8) is 0 Å². The standard InChI is InChI=1S/C14H16N2O2/c1-14(5-2-6-14)8-16-12(17)10-4-3-9(15)7-11(10)13(16)18/h3-4,7H,2,5-6,8,15H2,1H3. The molecule has 94 valence electrons. The summed E-state index contributed by atoms with van der Waals surface area (Å²) in [7, 11) is 0. The zero-order chi connectivity index (χ0) is 12.9. The maximum atomic E-state index is 12.2. The summed E-state index contributed by atoms with van der Waals surface area (Å²) in [6, 6.07) is 4.91. The number of anilines is 1. The lowest BCUT2D eigenvalue weighted by atomic mass is 9.70. The highest BCUT2D eigenvalue weighted by atomic mass is 16.2. The maximum Gasteiger partial charge on any atom is 0.261 e. The third-order valence-electron chi connectivity index (χ3n) is 4.10. The van der Waals surface area contributed by atoms with Gasteiger partial charge in [-0.25, -0.2) is 0 Å². The first-order chi connectivity index (χ1) is 8.50. The van der Waals surface area contributed by atoms with Gasteiger partial charge in [-0.3, -0.25) is 14.5 Å². The number of imide groups is 1. The number of carbonyl (C=O) groups is 2. The summed E-state index contributed by atoms with van der Waals surface area (Å²) in [4.78, 5) is 25.8. The lowest BCUT2D eigenvalue weighted by Gasteiger charge is -2.40. The minimum atomic E-state index is -0.199. The molecule has 1 heterocycles. The Morgan fingerprint density at radius 1 is 1.22 bits per heavy atom. The lowest BCUT2D eigenvalue weighted by molar-refractivity contribution is 0.0474. The summed E-state index contributed by atoms with van der Waals surface area (Å²) in [5.41, 5.74) is 7.23. The van der Waals surface area contributed by atoms with Crippen LogP contribution in [0.2, 0.25) is 0 Å². The normalized spacial score (nSPS) is 20.8. The fraction of sp³-hybridized carbons (Fsp3) is 0.429. The van der Waals surface area contributed by atoms with E-state index in [0.29, 0.717) is 23.4 Å². The third-order valence-corrected chi connectivity index (χ3v) is 4.10. The fourth-order valence-electron chi connectivity index (χ4n) is 2.77. The molecule has 3 rings (SSSR count). The van der Waals surface area contributed by atoms with Gasteiger partial charge in [0.05, 0.1) is 11.1 Å². The van der Waals surface area contributed by atoms with Crippen molar-refractivity contribution in [2.24, 2.45) is 5.41 Å². The van der Waals surface area contributed by atoms with Crippen LogP contribution in [0.4, 0.5) is 5.69 Å². The summed E-state index contributed by atoms with van der Waals surface area (Å²) >= 11 is 0. The van der Waals surface area contributed by atoms with Gasteiger partial charge >= 0.3 is 0 Å². The van der Waals surface area contributed by atoms with Crippen LogP contribution in [0.5, 0.6) is 0 Å². The van der Waals surface area contributed by atoms with Crippen LogP contribution in [0.3, 0.4) is 0 Å². The van der Waals surface area contributed by atoms with E-state index < -0.39 is 0 Å². The van der Waals surface area contributed by atoms with E-state index in [2.05, 4.69) is 6.92 Å². The van der Waals surface area contributed by atoms with E-state index in [0.717, 1.165) is 12.8 Å². The van der Waals surface area contributed by atoms with Gasteiger partial charge in [0.25, 0.3) is 11.8 Å². The summed E-state index contributed by atoms with van der Waals surface area (Å²) in [6.45, 7) is 2.66. The number of nitrogens with two attached hydrogens (primary N) is 1. The molecule has 1 saturated carbocycles. The zero-order valence-electron chi connectivity index (χ0n) is 10.4. The van der Waals surface area contributed by atoms with Crippen molar-refractivity contribution in [3.8, 4) is 0 Å². The number of hydrogen-bond acceptors (Lipinski definition) is 3. The van der Waals surface area contributed by atoms with Crippen LogP contribution in [0, 0.1) is 5.41 Å². The number of nitrogen functional groups attached to an aromatic ring is 1. The number of fused-ring (bicyclic) bond motifs is 1. The van der Waals surface area contributed by atoms with Crippen molar-refractivity contribution < 1.29 is 9.59 Å². The molecule has 0 radical (unpaired) electrons. The molecule has 1 fully saturated rings. The summed E-state index contributed by atoms with van der Waals surface area (Å²) in [6.07, 6.45) is 3.36. The molecule has 0 saturated heterocycles. The second kappa shape index (κ2) is 3.57. The molecule has 0 atom stereocenters. The molecule has 0 unspecified atom stereocenters. The van der Waals surface area contributed by atoms with Crippen molar-refractivity contribution in [2.45, 2.75) is 26.2 Å². The molecule has 2 amide bonds. The summed E-state index contributed by atoms with van der Waals surface area (Å²) in [5, 5.41) is 0. The van der Waals surface area contributed by atoms with E-state index in [4.69, 9.17) is 5.73 Å². The van der Waals surface area contributed by atoms with Gasteiger partial charge in [0.15, 0.2) is 0 Å². The average Bonchev–Trinajstić information content (AvgIpc) is 2.52. The Morgan fingerprint density at radius 2 is 1.89 bits per heavy atom. The van der Waals surface area contributed by atoms with Gasteiger partial charge < -0.3 is 5.73 Å². The Hall–Kier alpha value is -1.84. The molecule has 18 heavy (non-hydrogen) atoms. The monoisotopic (exact) mass is 244 g/mol. The number of carbonyl (C=O) groups excluding carboxylic acids is 2. The maximum absolute atomic E-state index is 12.2. The van der Waals surface area contributed by atoms with Crippen molar-refractivity contribution in [1.82, 2.24) is 4.90 Å². The number of hydrogen-bond donors (Lipinski definition) is 1. The van der Waals surface area contributed by atoms with E-state index in [1.807, 2.05) is 0 Å². The van der Waals surface area contributed by atoms with E-state index in [1.165, 1.54) is 11.3 Å². The van der Waals surface area contributed by atoms with Gasteiger partial charge in [-0.05, 0) is 36.5 Å². The molecule has 4 nitrogen and oxygen atoms in total. The summed E-state index contributed by atoms with van der Waals surface area (Å²) in [5.74, 6) is -0.376. The van der Waals surface area contributed by atoms with Crippen LogP contribution in [-0.2, 0) is 0 Å². The van der Waals surface area contributed by atoms with Crippen molar-refractivity contribution in [3.05, 3.63) is 29.3 Å². The average molecular weight is 244 g/mol. The van der Waals surface area contributed by atoms with Crippen LogP contribution in [-0.4, -0.2) is 23.3 Å². The molecule has 4 heteroatoms. The lowest BCUT2D eigenvalue weighted by Crippen LogP contribution is -2.42. The Bertz CT molecular complexity index is 547.